The Kier molecular flexibility index (Phi) is 4.67. The number of para-hydroxylation sites is 3. The van der Waals surface area contributed by atoms with E-state index < -0.39 is 0 Å². The van der Waals surface area contributed by atoms with Crippen LogP contribution in [0, 0.1) is 11.3 Å². The standard InChI is InChI=1S/C37H22N2OS/c38-21-23-17-18-24(22-16-19-28-27-10-3-6-15-33(27)41-34(28)20-22)35-29-11-7-14-32(37(29)40-36(23)35)39-30-12-4-1-8-25(30)26-9-2-5-13-31(26)39/h1-2,4-9,11-20H,3,10H2. The minimum atomic E-state index is 0.547. The molecule has 8 aromatic rings. The molecule has 0 radical (unpaired) electrons. The van der Waals surface area contributed by atoms with Crippen LogP contribution in [0.4, 0.5) is 0 Å². The Balaban J connectivity index is 1.35. The van der Waals surface area contributed by atoms with Crippen LogP contribution < -0.4 is 0 Å². The summed E-state index contributed by atoms with van der Waals surface area (Å²) in [6, 6.07) is 36.5. The molecule has 41 heavy (non-hydrogen) atoms. The van der Waals surface area contributed by atoms with Crippen LogP contribution in [0.5, 0.6) is 0 Å². The first-order valence-electron chi connectivity index (χ1n) is 13.9. The van der Waals surface area contributed by atoms with Gasteiger partial charge in [0.2, 0.25) is 0 Å². The van der Waals surface area contributed by atoms with Gasteiger partial charge in [-0.2, -0.15) is 5.26 Å². The average Bonchev–Trinajstić information content (AvgIpc) is 3.70. The van der Waals surface area contributed by atoms with Gasteiger partial charge in [0.15, 0.2) is 11.2 Å². The van der Waals surface area contributed by atoms with Gasteiger partial charge in [-0.25, -0.2) is 0 Å². The molecule has 0 aliphatic heterocycles. The van der Waals surface area contributed by atoms with E-state index in [1.54, 1.807) is 0 Å². The third kappa shape index (κ3) is 3.13. The number of thiophene rings is 1. The Morgan fingerprint density at radius 2 is 1.54 bits per heavy atom. The van der Waals surface area contributed by atoms with Crippen molar-refractivity contribution < 1.29 is 4.42 Å². The van der Waals surface area contributed by atoms with Gasteiger partial charge in [0.05, 0.1) is 22.3 Å². The van der Waals surface area contributed by atoms with Crippen LogP contribution >= 0.6 is 11.3 Å². The van der Waals surface area contributed by atoms with Gasteiger partial charge in [-0.1, -0.05) is 72.8 Å². The maximum Gasteiger partial charge on any atom is 0.159 e. The Labute approximate surface area is 239 Å². The molecule has 0 saturated carbocycles. The zero-order valence-corrected chi connectivity index (χ0v) is 22.8. The molecule has 0 N–H and O–H groups in total. The predicted octanol–water partition coefficient (Wildman–Crippen LogP) is 10.4. The second kappa shape index (κ2) is 8.44. The number of hydrogen-bond acceptors (Lipinski definition) is 3. The number of nitrogens with zero attached hydrogens (tertiary/aromatic N) is 2. The summed E-state index contributed by atoms with van der Waals surface area (Å²) in [6.07, 6.45) is 6.74. The topological polar surface area (TPSA) is 41.9 Å². The van der Waals surface area contributed by atoms with Crippen LogP contribution in [0.15, 0.2) is 108 Å². The van der Waals surface area contributed by atoms with E-state index in [-0.39, 0.29) is 0 Å². The van der Waals surface area contributed by atoms with Crippen LogP contribution in [-0.2, 0) is 6.42 Å². The van der Waals surface area contributed by atoms with Gasteiger partial charge in [-0.15, -0.1) is 11.3 Å². The molecule has 9 rings (SSSR count). The van der Waals surface area contributed by atoms with E-state index >= 15 is 0 Å². The maximum atomic E-state index is 10.1. The quantitative estimate of drug-likeness (QED) is 0.218. The smallest absolute Gasteiger partial charge is 0.159 e. The molecule has 3 heterocycles. The molecule has 0 unspecified atom stereocenters. The lowest BCUT2D eigenvalue weighted by molar-refractivity contribution is 0.665. The molecule has 3 aromatic heterocycles. The monoisotopic (exact) mass is 542 g/mol. The fourth-order valence-electron chi connectivity index (χ4n) is 6.72. The zero-order chi connectivity index (χ0) is 27.1. The first kappa shape index (κ1) is 22.7. The molecule has 0 spiro atoms. The van der Waals surface area contributed by atoms with Crippen molar-refractivity contribution in [2.75, 3.05) is 0 Å². The molecule has 192 valence electrons. The van der Waals surface area contributed by atoms with Crippen molar-refractivity contribution in [2.24, 2.45) is 0 Å². The second-order valence-corrected chi connectivity index (χ2v) is 11.8. The van der Waals surface area contributed by atoms with E-state index in [0.717, 1.165) is 57.0 Å². The van der Waals surface area contributed by atoms with Crippen molar-refractivity contribution >= 4 is 71.2 Å². The number of rotatable bonds is 2. The third-order valence-corrected chi connectivity index (χ3v) is 9.69. The number of nitriles is 1. The number of aryl methyl sites for hydroxylation is 1. The van der Waals surface area contributed by atoms with Gasteiger partial charge >= 0.3 is 0 Å². The molecular weight excluding hydrogens is 520 g/mol. The summed E-state index contributed by atoms with van der Waals surface area (Å²) in [7, 11) is 0. The number of aromatic nitrogens is 1. The second-order valence-electron chi connectivity index (χ2n) is 10.7. The van der Waals surface area contributed by atoms with Gasteiger partial charge in [0.1, 0.15) is 6.07 Å². The fourth-order valence-corrected chi connectivity index (χ4v) is 7.94. The summed E-state index contributed by atoms with van der Waals surface area (Å²) < 4.78 is 10.3. The van der Waals surface area contributed by atoms with Gasteiger partial charge in [-0.05, 0) is 71.3 Å². The molecule has 1 aliphatic carbocycles. The van der Waals surface area contributed by atoms with E-state index in [2.05, 4.69) is 114 Å². The SMILES string of the molecule is N#Cc1ccc(-c2ccc3c4c(sc3c2)C=CCC4)c2c1oc1c(-n3c4ccccc4c4ccccc43)cccc12. The van der Waals surface area contributed by atoms with Crippen molar-refractivity contribution in [2.45, 2.75) is 12.8 Å². The third-order valence-electron chi connectivity index (χ3n) is 8.53. The van der Waals surface area contributed by atoms with Crippen molar-refractivity contribution in [3.63, 3.8) is 0 Å². The summed E-state index contributed by atoms with van der Waals surface area (Å²) in [4.78, 5) is 1.37. The number of benzene rings is 5. The van der Waals surface area contributed by atoms with Gasteiger partial charge in [-0.3, -0.25) is 0 Å². The molecule has 3 nitrogen and oxygen atoms in total. The van der Waals surface area contributed by atoms with Gasteiger partial charge in [0.25, 0.3) is 0 Å². The molecule has 0 fully saturated rings. The number of furan rings is 1. The van der Waals surface area contributed by atoms with Gasteiger partial charge < -0.3 is 8.98 Å². The molecule has 0 amide bonds. The molecular formula is C37H22N2OS. The highest BCUT2D eigenvalue weighted by molar-refractivity contribution is 7.20. The Morgan fingerprint density at radius 3 is 2.34 bits per heavy atom. The predicted molar refractivity (Wildman–Crippen MR) is 171 cm³/mol. The molecule has 1 aliphatic rings. The van der Waals surface area contributed by atoms with E-state index in [9.17, 15) is 5.26 Å². The van der Waals surface area contributed by atoms with Crippen LogP contribution in [0.25, 0.3) is 76.7 Å². The van der Waals surface area contributed by atoms with Gasteiger partial charge in [0, 0.05) is 31.1 Å². The fraction of sp³-hybridized carbons (Fsp3) is 0.0541. The lowest BCUT2D eigenvalue weighted by Crippen LogP contribution is -1.94. The maximum absolute atomic E-state index is 10.1. The number of fused-ring (bicyclic) bond motifs is 9. The van der Waals surface area contributed by atoms with Crippen molar-refractivity contribution in [1.82, 2.24) is 4.57 Å². The van der Waals surface area contributed by atoms with E-state index in [4.69, 9.17) is 4.42 Å². The van der Waals surface area contributed by atoms with E-state index in [1.807, 2.05) is 17.4 Å². The summed E-state index contributed by atoms with van der Waals surface area (Å²) >= 11 is 1.86. The van der Waals surface area contributed by atoms with E-state index in [0.29, 0.717) is 11.1 Å². The van der Waals surface area contributed by atoms with E-state index in [1.165, 1.54) is 31.3 Å². The summed E-state index contributed by atoms with van der Waals surface area (Å²) in [5.74, 6) is 0. The van der Waals surface area contributed by atoms with Crippen molar-refractivity contribution in [3.8, 4) is 22.9 Å². The molecule has 0 atom stereocenters. The minimum absolute atomic E-state index is 0.547. The molecule has 5 aromatic carbocycles. The minimum Gasteiger partial charge on any atom is -0.452 e. The lowest BCUT2D eigenvalue weighted by atomic mass is 9.95. The molecule has 4 heteroatoms. The average molecular weight is 543 g/mol. The lowest BCUT2D eigenvalue weighted by Gasteiger charge is -2.09. The van der Waals surface area contributed by atoms with Crippen molar-refractivity contribution in [3.05, 3.63) is 119 Å². The Morgan fingerprint density at radius 1 is 0.756 bits per heavy atom. The largest absolute Gasteiger partial charge is 0.452 e. The first-order chi connectivity index (χ1) is 20.3. The summed E-state index contributed by atoms with van der Waals surface area (Å²) in [6.45, 7) is 0. The van der Waals surface area contributed by atoms with Crippen LogP contribution in [-0.4, -0.2) is 4.57 Å². The number of allylic oxidation sites excluding steroid dienone is 1. The van der Waals surface area contributed by atoms with Crippen LogP contribution in [0.2, 0.25) is 0 Å². The zero-order valence-electron chi connectivity index (χ0n) is 22.0. The highest BCUT2D eigenvalue weighted by atomic mass is 32.1. The summed E-state index contributed by atoms with van der Waals surface area (Å²) in [5, 5.41) is 15.8. The Bertz CT molecular complexity index is 2390. The Hall–Kier alpha value is -5.11. The molecule has 0 bridgehead atoms. The van der Waals surface area contributed by atoms with Crippen LogP contribution in [0.3, 0.4) is 0 Å². The number of hydrogen-bond donors (Lipinski definition) is 0. The highest BCUT2D eigenvalue weighted by Gasteiger charge is 2.21. The molecule has 0 saturated heterocycles. The van der Waals surface area contributed by atoms with Crippen molar-refractivity contribution in [1.29, 1.82) is 5.26 Å². The first-order valence-corrected chi connectivity index (χ1v) is 14.7. The van der Waals surface area contributed by atoms with Crippen LogP contribution in [0.1, 0.15) is 22.4 Å². The normalized spacial score (nSPS) is 13.0. The highest BCUT2D eigenvalue weighted by Crippen LogP contribution is 2.44. The summed E-state index contributed by atoms with van der Waals surface area (Å²) in [5.41, 5.74) is 8.89.